The summed E-state index contributed by atoms with van der Waals surface area (Å²) in [6.45, 7) is 2.80. The molecule has 0 bridgehead atoms. The number of carbonyl (C=O) groups is 2. The van der Waals surface area contributed by atoms with Crippen LogP contribution in [-0.2, 0) is 4.74 Å². The fraction of sp³-hybridized carbons (Fsp3) is 0.222. The van der Waals surface area contributed by atoms with Gasteiger partial charge < -0.3 is 9.64 Å². The van der Waals surface area contributed by atoms with Gasteiger partial charge in [0.1, 0.15) is 11.4 Å². The molecule has 2 N–H and O–H groups in total. The summed E-state index contributed by atoms with van der Waals surface area (Å²) in [6, 6.07) is 10.9. The van der Waals surface area contributed by atoms with Gasteiger partial charge in [0.25, 0.3) is 11.8 Å². The van der Waals surface area contributed by atoms with E-state index in [0.29, 0.717) is 18.7 Å². The average molecular weight is 383 g/mol. The van der Waals surface area contributed by atoms with Crippen molar-refractivity contribution in [3.63, 3.8) is 0 Å². The number of thiazole rings is 1. The van der Waals surface area contributed by atoms with Crippen LogP contribution in [0, 0.1) is 0 Å². The minimum atomic E-state index is -0.488. The van der Waals surface area contributed by atoms with Gasteiger partial charge in [-0.3, -0.25) is 20.4 Å². The van der Waals surface area contributed by atoms with Gasteiger partial charge in [-0.2, -0.15) is 0 Å². The number of morpholine rings is 1. The van der Waals surface area contributed by atoms with E-state index in [-0.39, 0.29) is 11.4 Å². The molecule has 1 saturated heterocycles. The van der Waals surface area contributed by atoms with Crippen LogP contribution >= 0.6 is 11.3 Å². The van der Waals surface area contributed by atoms with Gasteiger partial charge in [-0.1, -0.05) is 24.3 Å². The first-order valence-corrected chi connectivity index (χ1v) is 9.33. The number of pyridine rings is 1. The zero-order valence-electron chi connectivity index (χ0n) is 14.3. The van der Waals surface area contributed by atoms with Crippen LogP contribution < -0.4 is 15.8 Å². The number of rotatable bonds is 3. The van der Waals surface area contributed by atoms with E-state index in [4.69, 9.17) is 4.74 Å². The van der Waals surface area contributed by atoms with Crippen LogP contribution in [0.15, 0.2) is 41.8 Å². The molecule has 0 unspecified atom stereocenters. The Morgan fingerprint density at radius 2 is 1.70 bits per heavy atom. The summed E-state index contributed by atoms with van der Waals surface area (Å²) in [4.78, 5) is 35.2. The van der Waals surface area contributed by atoms with Crippen LogP contribution in [0.5, 0.6) is 0 Å². The lowest BCUT2D eigenvalue weighted by Gasteiger charge is -2.25. The van der Waals surface area contributed by atoms with E-state index in [1.165, 1.54) is 11.3 Å². The fourth-order valence-corrected chi connectivity index (χ4v) is 3.56. The molecule has 1 aliphatic heterocycles. The van der Waals surface area contributed by atoms with E-state index in [0.717, 1.165) is 23.6 Å². The molecule has 0 saturated carbocycles. The first kappa shape index (κ1) is 17.4. The summed E-state index contributed by atoms with van der Waals surface area (Å²) in [6.07, 6.45) is 0. The molecule has 8 nitrogen and oxygen atoms in total. The normalized spacial score (nSPS) is 14.1. The number of hydrogen-bond donors (Lipinski definition) is 2. The van der Waals surface area contributed by atoms with Gasteiger partial charge in [0.2, 0.25) is 0 Å². The largest absolute Gasteiger partial charge is 0.378 e. The highest BCUT2D eigenvalue weighted by Crippen LogP contribution is 2.21. The summed E-state index contributed by atoms with van der Waals surface area (Å²) in [5.74, 6) is -0.961. The molecule has 27 heavy (non-hydrogen) atoms. The summed E-state index contributed by atoms with van der Waals surface area (Å²) < 4.78 is 5.31. The fourth-order valence-electron chi connectivity index (χ4n) is 2.70. The first-order valence-electron chi connectivity index (χ1n) is 8.45. The molecule has 2 amide bonds. The minimum Gasteiger partial charge on any atom is -0.378 e. The SMILES string of the molecule is O=C(NNC(=O)c1ccc2ccccc2n1)c1csc(N2CCOCC2)n1. The molecule has 1 fully saturated rings. The number of nitrogens with zero attached hydrogens (tertiary/aromatic N) is 3. The highest BCUT2D eigenvalue weighted by atomic mass is 32.1. The number of hydrogen-bond acceptors (Lipinski definition) is 7. The molecule has 4 rings (SSSR count). The summed E-state index contributed by atoms with van der Waals surface area (Å²) in [5, 5.41) is 3.38. The number of carbonyl (C=O) groups excluding carboxylic acids is 2. The van der Waals surface area contributed by atoms with Crippen LogP contribution in [0.2, 0.25) is 0 Å². The maximum atomic E-state index is 12.2. The van der Waals surface area contributed by atoms with Crippen LogP contribution in [0.4, 0.5) is 5.13 Å². The van der Waals surface area contributed by atoms with Gasteiger partial charge in [-0.05, 0) is 12.1 Å². The van der Waals surface area contributed by atoms with E-state index >= 15 is 0 Å². The number of aromatic nitrogens is 2. The zero-order chi connectivity index (χ0) is 18.6. The molecule has 2 aromatic heterocycles. The van der Waals surface area contributed by atoms with Gasteiger partial charge in [0.05, 0.1) is 18.7 Å². The Balaban J connectivity index is 1.38. The Labute approximate surface area is 159 Å². The molecule has 0 radical (unpaired) electrons. The monoisotopic (exact) mass is 383 g/mol. The van der Waals surface area contributed by atoms with Crippen molar-refractivity contribution in [1.82, 2.24) is 20.8 Å². The van der Waals surface area contributed by atoms with Crippen LogP contribution in [-0.4, -0.2) is 48.1 Å². The predicted octanol–water partition coefficient (Wildman–Crippen LogP) is 1.60. The molecule has 9 heteroatoms. The van der Waals surface area contributed by atoms with E-state index in [1.54, 1.807) is 11.4 Å². The Bertz CT molecular complexity index is 984. The Kier molecular flexibility index (Phi) is 4.95. The van der Waals surface area contributed by atoms with Crippen molar-refractivity contribution >= 4 is 39.2 Å². The van der Waals surface area contributed by atoms with Gasteiger partial charge in [-0.25, -0.2) is 9.97 Å². The standard InChI is InChI=1S/C18H17N5O3S/c24-16(14-6-5-12-3-1-2-4-13(12)19-14)21-22-17(25)15-11-27-18(20-15)23-7-9-26-10-8-23/h1-6,11H,7-10H2,(H,21,24)(H,22,25). The Morgan fingerprint density at radius 3 is 2.52 bits per heavy atom. The third-order valence-corrected chi connectivity index (χ3v) is 5.03. The number of ether oxygens (including phenoxy) is 1. The van der Waals surface area contributed by atoms with E-state index < -0.39 is 11.8 Å². The molecule has 138 valence electrons. The molecular formula is C18H17N5O3S. The summed E-state index contributed by atoms with van der Waals surface area (Å²) >= 11 is 1.39. The van der Waals surface area contributed by atoms with E-state index in [1.807, 2.05) is 30.3 Å². The van der Waals surface area contributed by atoms with Gasteiger partial charge in [0, 0.05) is 23.9 Å². The van der Waals surface area contributed by atoms with Crippen molar-refractivity contribution in [2.24, 2.45) is 0 Å². The van der Waals surface area contributed by atoms with Crippen LogP contribution in [0.25, 0.3) is 10.9 Å². The van der Waals surface area contributed by atoms with Crippen molar-refractivity contribution in [3.05, 3.63) is 53.2 Å². The molecule has 0 spiro atoms. The van der Waals surface area contributed by atoms with Crippen molar-refractivity contribution in [2.45, 2.75) is 0 Å². The lowest BCUT2D eigenvalue weighted by molar-refractivity contribution is 0.0842. The minimum absolute atomic E-state index is 0.223. The van der Waals surface area contributed by atoms with Gasteiger partial charge >= 0.3 is 0 Å². The second kappa shape index (κ2) is 7.68. The summed E-state index contributed by atoms with van der Waals surface area (Å²) in [5.41, 5.74) is 5.96. The van der Waals surface area contributed by atoms with E-state index in [9.17, 15) is 9.59 Å². The molecular weight excluding hydrogens is 366 g/mol. The van der Waals surface area contributed by atoms with Crippen LogP contribution in [0.1, 0.15) is 21.0 Å². The third-order valence-electron chi connectivity index (χ3n) is 4.13. The number of anilines is 1. The topological polar surface area (TPSA) is 96.5 Å². The molecule has 1 aliphatic rings. The lowest BCUT2D eigenvalue weighted by Crippen LogP contribution is -2.42. The summed E-state index contributed by atoms with van der Waals surface area (Å²) in [7, 11) is 0. The number of benzene rings is 1. The zero-order valence-corrected chi connectivity index (χ0v) is 15.2. The van der Waals surface area contributed by atoms with Crippen molar-refractivity contribution < 1.29 is 14.3 Å². The number of amides is 2. The Hall–Kier alpha value is -3.04. The predicted molar refractivity (Wildman–Crippen MR) is 102 cm³/mol. The quantitative estimate of drug-likeness (QED) is 0.667. The van der Waals surface area contributed by atoms with Crippen molar-refractivity contribution in [1.29, 1.82) is 0 Å². The van der Waals surface area contributed by atoms with Crippen molar-refractivity contribution in [2.75, 3.05) is 31.2 Å². The highest BCUT2D eigenvalue weighted by Gasteiger charge is 2.18. The number of hydrazine groups is 1. The molecule has 3 aromatic rings. The molecule has 0 aliphatic carbocycles. The Morgan fingerprint density at radius 1 is 0.963 bits per heavy atom. The molecule has 1 aromatic carbocycles. The van der Waals surface area contributed by atoms with Gasteiger partial charge in [-0.15, -0.1) is 11.3 Å². The van der Waals surface area contributed by atoms with E-state index in [2.05, 4.69) is 25.7 Å². The third kappa shape index (κ3) is 3.88. The number of para-hydroxylation sites is 1. The van der Waals surface area contributed by atoms with Gasteiger partial charge in [0.15, 0.2) is 5.13 Å². The maximum Gasteiger partial charge on any atom is 0.289 e. The van der Waals surface area contributed by atoms with Crippen molar-refractivity contribution in [3.8, 4) is 0 Å². The maximum absolute atomic E-state index is 12.2. The highest BCUT2D eigenvalue weighted by molar-refractivity contribution is 7.13. The first-order chi connectivity index (χ1) is 13.2. The second-order valence-corrected chi connectivity index (χ2v) is 6.75. The lowest BCUT2D eigenvalue weighted by atomic mass is 10.2. The molecule has 0 atom stereocenters. The number of fused-ring (bicyclic) bond motifs is 1. The smallest absolute Gasteiger partial charge is 0.289 e. The molecule has 3 heterocycles. The van der Waals surface area contributed by atoms with Crippen LogP contribution in [0.3, 0.4) is 0 Å². The second-order valence-electron chi connectivity index (χ2n) is 5.91. The average Bonchev–Trinajstić information content (AvgIpc) is 3.22. The number of nitrogens with one attached hydrogen (secondary N) is 2.